The molecule has 0 radical (unpaired) electrons. The molecule has 3 rings (SSSR count). The van der Waals surface area contributed by atoms with Crippen LogP contribution in [0, 0.1) is 6.92 Å². The molecule has 1 amide bonds. The van der Waals surface area contributed by atoms with Gasteiger partial charge >= 0.3 is 0 Å². The quantitative estimate of drug-likeness (QED) is 0.869. The minimum absolute atomic E-state index is 0.0636. The molecule has 1 aliphatic heterocycles. The van der Waals surface area contributed by atoms with Gasteiger partial charge in [0.2, 0.25) is 5.91 Å². The van der Waals surface area contributed by atoms with Crippen molar-refractivity contribution in [3.8, 4) is 5.69 Å². The van der Waals surface area contributed by atoms with Gasteiger partial charge in [-0.15, -0.1) is 0 Å². The van der Waals surface area contributed by atoms with Crippen molar-refractivity contribution >= 4 is 5.91 Å². The first-order valence-electron chi connectivity index (χ1n) is 8.30. The van der Waals surface area contributed by atoms with E-state index in [2.05, 4.69) is 45.0 Å². The number of carbonyl (C=O) groups is 1. The third kappa shape index (κ3) is 3.00. The van der Waals surface area contributed by atoms with Crippen LogP contribution in [0.5, 0.6) is 0 Å². The van der Waals surface area contributed by atoms with Gasteiger partial charge in [-0.2, -0.15) is 5.10 Å². The number of likely N-dealkylation sites (tertiary alicyclic amines) is 1. The van der Waals surface area contributed by atoms with Gasteiger partial charge in [0, 0.05) is 18.9 Å². The Labute approximate surface area is 137 Å². The second-order valence-electron chi connectivity index (χ2n) is 6.60. The number of aromatic nitrogens is 3. The van der Waals surface area contributed by atoms with Crippen LogP contribution < -0.4 is 0 Å². The molecule has 122 valence electrons. The Balaban J connectivity index is 2.04. The number of carbonyl (C=O) groups excluding carboxylic acids is 1. The number of benzene rings is 1. The summed E-state index contributed by atoms with van der Waals surface area (Å²) in [7, 11) is 0. The van der Waals surface area contributed by atoms with Crippen LogP contribution in [0.25, 0.3) is 5.69 Å². The zero-order chi connectivity index (χ0) is 16.6. The third-order valence-corrected chi connectivity index (χ3v) is 4.39. The van der Waals surface area contributed by atoms with Crippen LogP contribution in [0.3, 0.4) is 0 Å². The highest BCUT2D eigenvalue weighted by Crippen LogP contribution is 2.27. The molecule has 1 aliphatic rings. The van der Waals surface area contributed by atoms with Crippen LogP contribution in [0.2, 0.25) is 0 Å². The SMILES string of the molecule is Cc1ccc(-n2nc(C(C)C)nc2[C@H](C)N2CCCC2=O)cc1. The lowest BCUT2D eigenvalue weighted by Gasteiger charge is -2.23. The Bertz CT molecular complexity index is 702. The monoisotopic (exact) mass is 312 g/mol. The molecule has 0 spiro atoms. The highest BCUT2D eigenvalue weighted by Gasteiger charge is 2.30. The maximum atomic E-state index is 12.1. The van der Waals surface area contributed by atoms with Crippen molar-refractivity contribution in [2.45, 2.75) is 52.5 Å². The van der Waals surface area contributed by atoms with Crippen molar-refractivity contribution in [3.05, 3.63) is 41.5 Å². The second kappa shape index (κ2) is 6.14. The summed E-state index contributed by atoms with van der Waals surface area (Å²) < 4.78 is 1.89. The highest BCUT2D eigenvalue weighted by molar-refractivity contribution is 5.78. The molecule has 5 nitrogen and oxygen atoms in total. The Kier molecular flexibility index (Phi) is 4.20. The normalized spacial score (nSPS) is 16.4. The first-order chi connectivity index (χ1) is 11.0. The van der Waals surface area contributed by atoms with Crippen molar-refractivity contribution in [1.29, 1.82) is 0 Å². The topological polar surface area (TPSA) is 51.0 Å². The Hall–Kier alpha value is -2.17. The summed E-state index contributed by atoms with van der Waals surface area (Å²) in [6, 6.07) is 8.18. The second-order valence-corrected chi connectivity index (χ2v) is 6.60. The van der Waals surface area contributed by atoms with Crippen molar-refractivity contribution in [2.24, 2.45) is 0 Å². The smallest absolute Gasteiger partial charge is 0.223 e. The Morgan fingerprint density at radius 1 is 1.13 bits per heavy atom. The highest BCUT2D eigenvalue weighted by atomic mass is 16.2. The summed E-state index contributed by atoms with van der Waals surface area (Å²) in [5.41, 5.74) is 2.20. The summed E-state index contributed by atoms with van der Waals surface area (Å²) in [4.78, 5) is 18.8. The molecule has 0 saturated carbocycles. The van der Waals surface area contributed by atoms with Gasteiger partial charge in [0.05, 0.1) is 11.7 Å². The molecule has 23 heavy (non-hydrogen) atoms. The molecule has 1 saturated heterocycles. The Morgan fingerprint density at radius 3 is 2.39 bits per heavy atom. The molecular formula is C18H24N4O. The lowest BCUT2D eigenvalue weighted by Crippen LogP contribution is -2.29. The zero-order valence-electron chi connectivity index (χ0n) is 14.3. The van der Waals surface area contributed by atoms with E-state index in [0.717, 1.165) is 30.3 Å². The predicted molar refractivity (Wildman–Crippen MR) is 89.5 cm³/mol. The third-order valence-electron chi connectivity index (χ3n) is 4.39. The average molecular weight is 312 g/mol. The minimum atomic E-state index is -0.0636. The lowest BCUT2D eigenvalue weighted by atomic mass is 10.2. The minimum Gasteiger partial charge on any atom is -0.333 e. The maximum absolute atomic E-state index is 12.1. The molecule has 1 aromatic carbocycles. The molecule has 2 heterocycles. The first kappa shape index (κ1) is 15.7. The van der Waals surface area contributed by atoms with Crippen LogP contribution >= 0.6 is 0 Å². The molecule has 1 atom stereocenters. The number of rotatable bonds is 4. The standard InChI is InChI=1S/C18H24N4O/c1-12(2)17-19-18(14(4)21-11-5-6-16(21)23)22(20-17)15-9-7-13(3)8-10-15/h7-10,12,14H,5-6,11H2,1-4H3/t14-/m0/s1. The van der Waals surface area contributed by atoms with E-state index in [4.69, 9.17) is 10.1 Å². The van der Waals surface area contributed by atoms with Crippen molar-refractivity contribution in [1.82, 2.24) is 19.7 Å². The molecule has 5 heteroatoms. The fraction of sp³-hybridized carbons (Fsp3) is 0.500. The van der Waals surface area contributed by atoms with E-state index in [1.54, 1.807) is 0 Å². The summed E-state index contributed by atoms with van der Waals surface area (Å²) in [5, 5.41) is 4.69. The van der Waals surface area contributed by atoms with Gasteiger partial charge in [-0.1, -0.05) is 31.5 Å². The van der Waals surface area contributed by atoms with E-state index in [9.17, 15) is 4.79 Å². The number of amides is 1. The molecule has 0 unspecified atom stereocenters. The fourth-order valence-corrected chi connectivity index (χ4v) is 2.95. The fourth-order valence-electron chi connectivity index (χ4n) is 2.95. The molecule has 0 N–H and O–H groups in total. The van der Waals surface area contributed by atoms with Crippen molar-refractivity contribution < 1.29 is 4.79 Å². The average Bonchev–Trinajstić information content (AvgIpc) is 3.14. The summed E-state index contributed by atoms with van der Waals surface area (Å²) >= 11 is 0. The molecule has 0 aliphatic carbocycles. The van der Waals surface area contributed by atoms with Crippen LogP contribution in [0.15, 0.2) is 24.3 Å². The summed E-state index contributed by atoms with van der Waals surface area (Å²) in [6.45, 7) is 9.09. The lowest BCUT2D eigenvalue weighted by molar-refractivity contribution is -0.129. The van der Waals surface area contributed by atoms with Crippen molar-refractivity contribution in [3.63, 3.8) is 0 Å². The van der Waals surface area contributed by atoms with E-state index >= 15 is 0 Å². The van der Waals surface area contributed by atoms with Gasteiger partial charge in [-0.3, -0.25) is 4.79 Å². The van der Waals surface area contributed by atoms with Gasteiger partial charge in [0.25, 0.3) is 0 Å². The van der Waals surface area contributed by atoms with Gasteiger partial charge in [0.1, 0.15) is 0 Å². The van der Waals surface area contributed by atoms with E-state index in [1.807, 2.05) is 16.5 Å². The van der Waals surface area contributed by atoms with Crippen LogP contribution in [-0.4, -0.2) is 32.1 Å². The molecular weight excluding hydrogens is 288 g/mol. The maximum Gasteiger partial charge on any atom is 0.223 e. The van der Waals surface area contributed by atoms with E-state index < -0.39 is 0 Å². The van der Waals surface area contributed by atoms with Crippen LogP contribution in [-0.2, 0) is 4.79 Å². The van der Waals surface area contributed by atoms with E-state index in [0.29, 0.717) is 6.42 Å². The number of hydrogen-bond donors (Lipinski definition) is 0. The van der Waals surface area contributed by atoms with Crippen molar-refractivity contribution in [2.75, 3.05) is 6.54 Å². The zero-order valence-corrected chi connectivity index (χ0v) is 14.3. The Morgan fingerprint density at radius 2 is 1.83 bits per heavy atom. The van der Waals surface area contributed by atoms with Crippen LogP contribution in [0.4, 0.5) is 0 Å². The van der Waals surface area contributed by atoms with Gasteiger partial charge in [0.15, 0.2) is 11.6 Å². The molecule has 1 fully saturated rings. The number of hydrogen-bond acceptors (Lipinski definition) is 3. The van der Waals surface area contributed by atoms with Gasteiger partial charge in [-0.05, 0) is 32.4 Å². The number of aryl methyl sites for hydroxylation is 1. The van der Waals surface area contributed by atoms with Gasteiger partial charge < -0.3 is 4.90 Å². The molecule has 2 aromatic rings. The molecule has 1 aromatic heterocycles. The summed E-state index contributed by atoms with van der Waals surface area (Å²) in [6.07, 6.45) is 1.57. The van der Waals surface area contributed by atoms with Crippen LogP contribution in [0.1, 0.15) is 62.8 Å². The first-order valence-corrected chi connectivity index (χ1v) is 8.30. The van der Waals surface area contributed by atoms with E-state index in [1.165, 1.54) is 5.56 Å². The molecule has 0 bridgehead atoms. The number of nitrogens with zero attached hydrogens (tertiary/aromatic N) is 4. The van der Waals surface area contributed by atoms with Gasteiger partial charge in [-0.25, -0.2) is 9.67 Å². The van der Waals surface area contributed by atoms with E-state index in [-0.39, 0.29) is 17.9 Å². The predicted octanol–water partition coefficient (Wildman–Crippen LogP) is 3.38. The summed E-state index contributed by atoms with van der Waals surface area (Å²) in [5.74, 6) is 2.12. The largest absolute Gasteiger partial charge is 0.333 e.